The van der Waals surface area contributed by atoms with Gasteiger partial charge in [0.1, 0.15) is 0 Å². The molecular formula is C14H11F2O3-. The second-order valence-corrected chi connectivity index (χ2v) is 4.32. The summed E-state index contributed by atoms with van der Waals surface area (Å²) in [5.74, 6) is -4.77. The summed E-state index contributed by atoms with van der Waals surface area (Å²) >= 11 is 0. The SMILES string of the molecule is O=C([O-])C(O)(C1=CCC(F)(F)C=C1)c1ccccc1. The van der Waals surface area contributed by atoms with E-state index < -0.39 is 23.9 Å². The molecule has 0 amide bonds. The van der Waals surface area contributed by atoms with Crippen molar-refractivity contribution in [3.63, 3.8) is 0 Å². The van der Waals surface area contributed by atoms with Crippen LogP contribution in [0, 0.1) is 0 Å². The lowest BCUT2D eigenvalue weighted by molar-refractivity contribution is -0.323. The summed E-state index contributed by atoms with van der Waals surface area (Å²) in [6.07, 6.45) is 1.87. The first-order valence-electron chi connectivity index (χ1n) is 5.63. The van der Waals surface area contributed by atoms with Crippen LogP contribution in [0.2, 0.25) is 0 Å². The minimum absolute atomic E-state index is 0.0658. The Morgan fingerprint density at radius 1 is 1.32 bits per heavy atom. The van der Waals surface area contributed by atoms with Crippen LogP contribution in [0.1, 0.15) is 12.0 Å². The van der Waals surface area contributed by atoms with Crippen LogP contribution >= 0.6 is 0 Å². The molecule has 0 bridgehead atoms. The molecule has 0 aliphatic heterocycles. The van der Waals surface area contributed by atoms with E-state index in [9.17, 15) is 23.8 Å². The summed E-state index contributed by atoms with van der Waals surface area (Å²) in [6.45, 7) is 0. The third-order valence-corrected chi connectivity index (χ3v) is 3.01. The summed E-state index contributed by atoms with van der Waals surface area (Å²) < 4.78 is 26.0. The summed E-state index contributed by atoms with van der Waals surface area (Å²) in [4.78, 5) is 11.3. The summed E-state index contributed by atoms with van der Waals surface area (Å²) in [6, 6.07) is 7.54. The Bertz CT molecular complexity index is 549. The van der Waals surface area contributed by atoms with Crippen molar-refractivity contribution in [2.45, 2.75) is 17.9 Å². The molecule has 100 valence electrons. The molecule has 1 aliphatic rings. The molecule has 5 heteroatoms. The second kappa shape index (κ2) is 4.59. The molecule has 0 radical (unpaired) electrons. The van der Waals surface area contributed by atoms with Gasteiger partial charge in [-0.3, -0.25) is 0 Å². The number of halogens is 2. The maximum absolute atomic E-state index is 13.0. The van der Waals surface area contributed by atoms with Crippen molar-refractivity contribution in [1.82, 2.24) is 0 Å². The number of carbonyl (C=O) groups excluding carboxylic acids is 1. The third kappa shape index (κ3) is 2.42. The molecule has 19 heavy (non-hydrogen) atoms. The molecular weight excluding hydrogens is 254 g/mol. The zero-order valence-corrected chi connectivity index (χ0v) is 9.85. The van der Waals surface area contributed by atoms with Crippen molar-refractivity contribution in [3.8, 4) is 0 Å². The first-order valence-corrected chi connectivity index (χ1v) is 5.63. The van der Waals surface area contributed by atoms with Gasteiger partial charge in [-0.15, -0.1) is 0 Å². The molecule has 0 saturated heterocycles. The van der Waals surface area contributed by atoms with Crippen LogP contribution < -0.4 is 5.11 Å². The number of benzene rings is 1. The molecule has 1 aliphatic carbocycles. The average molecular weight is 265 g/mol. The first kappa shape index (κ1) is 13.4. The fourth-order valence-corrected chi connectivity index (χ4v) is 1.94. The highest BCUT2D eigenvalue weighted by Gasteiger charge is 2.37. The molecule has 0 spiro atoms. The van der Waals surface area contributed by atoms with Gasteiger partial charge in [0.2, 0.25) is 0 Å². The standard InChI is InChI=1S/C14H12F2O3/c15-13(16)8-6-11(7-9-13)14(19,12(17)18)10-4-2-1-3-5-10/h1-8,19H,9H2,(H,17,18)/p-1. The van der Waals surface area contributed by atoms with Crippen LogP contribution in [-0.4, -0.2) is 17.0 Å². The first-order chi connectivity index (χ1) is 8.86. The number of aliphatic hydroxyl groups is 1. The van der Waals surface area contributed by atoms with Crippen LogP contribution in [0.15, 0.2) is 54.1 Å². The van der Waals surface area contributed by atoms with Crippen molar-refractivity contribution in [2.24, 2.45) is 0 Å². The minimum Gasteiger partial charge on any atom is -0.546 e. The van der Waals surface area contributed by atoms with Gasteiger partial charge in [-0.1, -0.05) is 42.5 Å². The lowest BCUT2D eigenvalue weighted by Gasteiger charge is -2.33. The smallest absolute Gasteiger partial charge is 0.270 e. The molecule has 2 rings (SSSR count). The molecule has 1 N–H and O–H groups in total. The number of rotatable bonds is 3. The van der Waals surface area contributed by atoms with Gasteiger partial charge in [-0.25, -0.2) is 8.78 Å². The summed E-state index contributed by atoms with van der Waals surface area (Å²) in [7, 11) is 0. The van der Waals surface area contributed by atoms with E-state index in [0.717, 1.165) is 12.2 Å². The van der Waals surface area contributed by atoms with Crippen LogP contribution in [0.5, 0.6) is 0 Å². The number of hydrogen-bond donors (Lipinski definition) is 1. The molecule has 0 saturated carbocycles. The Balaban J connectivity index is 2.46. The van der Waals surface area contributed by atoms with Gasteiger partial charge in [0, 0.05) is 6.42 Å². The molecule has 0 aromatic heterocycles. The maximum atomic E-state index is 13.0. The molecule has 3 nitrogen and oxygen atoms in total. The minimum atomic E-state index is -3.02. The van der Waals surface area contributed by atoms with E-state index in [1.165, 1.54) is 12.1 Å². The van der Waals surface area contributed by atoms with Crippen molar-refractivity contribution in [3.05, 3.63) is 59.7 Å². The van der Waals surface area contributed by atoms with Crippen molar-refractivity contribution >= 4 is 5.97 Å². The summed E-state index contributed by atoms with van der Waals surface area (Å²) in [5, 5.41) is 21.6. The largest absolute Gasteiger partial charge is 0.546 e. The number of allylic oxidation sites excluding steroid dienone is 2. The number of carbonyl (C=O) groups is 1. The zero-order chi connectivity index (χ0) is 14.1. The zero-order valence-electron chi connectivity index (χ0n) is 9.85. The Hall–Kier alpha value is -2.01. The quantitative estimate of drug-likeness (QED) is 0.891. The van der Waals surface area contributed by atoms with Gasteiger partial charge in [-0.05, 0) is 17.2 Å². The van der Waals surface area contributed by atoms with Crippen LogP contribution in [0.4, 0.5) is 8.78 Å². The Morgan fingerprint density at radius 3 is 2.42 bits per heavy atom. The molecule has 1 atom stereocenters. The normalized spacial score (nSPS) is 20.5. The van der Waals surface area contributed by atoms with E-state index in [-0.39, 0.29) is 11.1 Å². The fourth-order valence-electron chi connectivity index (χ4n) is 1.94. The second-order valence-electron chi connectivity index (χ2n) is 4.32. The lowest BCUT2D eigenvalue weighted by Crippen LogP contribution is -2.47. The molecule has 1 aromatic carbocycles. The van der Waals surface area contributed by atoms with Gasteiger partial charge >= 0.3 is 0 Å². The van der Waals surface area contributed by atoms with E-state index in [4.69, 9.17) is 0 Å². The maximum Gasteiger partial charge on any atom is 0.270 e. The number of hydrogen-bond acceptors (Lipinski definition) is 3. The van der Waals surface area contributed by atoms with Crippen molar-refractivity contribution in [1.29, 1.82) is 0 Å². The predicted octanol–water partition coefficient (Wildman–Crippen LogP) is 1.15. The van der Waals surface area contributed by atoms with Crippen molar-refractivity contribution in [2.75, 3.05) is 0 Å². The highest BCUT2D eigenvalue weighted by atomic mass is 19.3. The molecule has 0 heterocycles. The van der Waals surface area contributed by atoms with Crippen LogP contribution in [0.3, 0.4) is 0 Å². The van der Waals surface area contributed by atoms with Crippen molar-refractivity contribution < 1.29 is 23.8 Å². The number of carboxylic acid groups (broad SMARTS) is 1. The number of alkyl halides is 2. The topological polar surface area (TPSA) is 60.4 Å². The highest BCUT2D eigenvalue weighted by Crippen LogP contribution is 2.36. The number of carboxylic acids is 1. The third-order valence-electron chi connectivity index (χ3n) is 3.01. The van der Waals surface area contributed by atoms with Gasteiger partial charge in [0.05, 0.1) is 5.97 Å². The predicted molar refractivity (Wildman–Crippen MR) is 62.1 cm³/mol. The van der Waals surface area contributed by atoms with Gasteiger partial charge < -0.3 is 15.0 Å². The summed E-state index contributed by atoms with van der Waals surface area (Å²) in [5.41, 5.74) is -2.48. The lowest BCUT2D eigenvalue weighted by atomic mass is 9.83. The Kier molecular flexibility index (Phi) is 3.24. The van der Waals surface area contributed by atoms with E-state index in [2.05, 4.69) is 0 Å². The molecule has 0 fully saturated rings. The van der Waals surface area contributed by atoms with Crippen LogP contribution in [0.25, 0.3) is 0 Å². The number of aliphatic carboxylic acids is 1. The van der Waals surface area contributed by atoms with Crippen LogP contribution in [-0.2, 0) is 10.4 Å². The van der Waals surface area contributed by atoms with E-state index >= 15 is 0 Å². The van der Waals surface area contributed by atoms with Gasteiger partial charge in [0.15, 0.2) is 5.60 Å². The average Bonchev–Trinajstić information content (AvgIpc) is 2.38. The Labute approximate surface area is 108 Å². The fraction of sp³-hybridized carbons (Fsp3) is 0.214. The van der Waals surface area contributed by atoms with Gasteiger partial charge in [0.25, 0.3) is 5.92 Å². The Morgan fingerprint density at radius 2 is 1.95 bits per heavy atom. The molecule has 1 unspecified atom stereocenters. The van der Waals surface area contributed by atoms with Gasteiger partial charge in [-0.2, -0.15) is 0 Å². The van der Waals surface area contributed by atoms with E-state index in [0.29, 0.717) is 6.08 Å². The van der Waals surface area contributed by atoms with E-state index in [1.807, 2.05) is 0 Å². The monoisotopic (exact) mass is 265 g/mol. The van der Waals surface area contributed by atoms with E-state index in [1.54, 1.807) is 18.2 Å². The molecule has 1 aromatic rings. The highest BCUT2D eigenvalue weighted by molar-refractivity contribution is 5.82.